The Morgan fingerprint density at radius 1 is 1.19 bits per heavy atom. The maximum absolute atomic E-state index is 13.8. The molecule has 0 saturated heterocycles. The van der Waals surface area contributed by atoms with Gasteiger partial charge in [0.15, 0.2) is 17.3 Å². The summed E-state index contributed by atoms with van der Waals surface area (Å²) in [6.45, 7) is 1.76. The molecule has 0 bridgehead atoms. The molecule has 26 heavy (non-hydrogen) atoms. The highest BCUT2D eigenvalue weighted by Gasteiger charge is 2.17. The van der Waals surface area contributed by atoms with Gasteiger partial charge in [-0.15, -0.1) is 0 Å². The molecule has 6 heteroatoms. The number of halogens is 2. The van der Waals surface area contributed by atoms with E-state index >= 15 is 0 Å². The van der Waals surface area contributed by atoms with Crippen molar-refractivity contribution >= 4 is 17.5 Å². The van der Waals surface area contributed by atoms with Crippen LogP contribution in [0.4, 0.5) is 4.39 Å². The molecule has 1 atom stereocenters. The third-order valence-electron chi connectivity index (χ3n) is 3.99. The van der Waals surface area contributed by atoms with Crippen LogP contribution >= 0.6 is 11.6 Å². The minimum atomic E-state index is -0.481. The van der Waals surface area contributed by atoms with Gasteiger partial charge < -0.3 is 14.5 Å². The van der Waals surface area contributed by atoms with E-state index in [-0.39, 0.29) is 11.5 Å². The number of rotatable bonds is 5. The Kier molecular flexibility index (Phi) is 5.28. The normalized spacial score (nSPS) is 11.8. The zero-order valence-corrected chi connectivity index (χ0v) is 15.0. The Balaban J connectivity index is 1.74. The Hall–Kier alpha value is -2.79. The molecule has 0 fully saturated rings. The van der Waals surface area contributed by atoms with Crippen LogP contribution in [0.3, 0.4) is 0 Å². The average Bonchev–Trinajstić information content (AvgIpc) is 3.12. The molecular formula is C20H17ClFNO3. The molecule has 1 amide bonds. The second kappa shape index (κ2) is 7.62. The molecular weight excluding hydrogens is 357 g/mol. The Morgan fingerprint density at radius 3 is 2.65 bits per heavy atom. The minimum absolute atomic E-state index is 0.153. The van der Waals surface area contributed by atoms with E-state index in [1.807, 2.05) is 18.2 Å². The maximum Gasteiger partial charge on any atom is 0.287 e. The number of amides is 1. The van der Waals surface area contributed by atoms with Crippen molar-refractivity contribution in [3.63, 3.8) is 0 Å². The second-order valence-electron chi connectivity index (χ2n) is 5.73. The molecule has 0 unspecified atom stereocenters. The SMILES string of the molecule is COc1ccc([C@H](C)NC(=O)c2ccc(-c3ccccc3Cl)o2)cc1F. The van der Waals surface area contributed by atoms with Crippen molar-refractivity contribution in [1.29, 1.82) is 0 Å². The molecule has 1 heterocycles. The summed E-state index contributed by atoms with van der Waals surface area (Å²) in [7, 11) is 1.40. The fourth-order valence-electron chi connectivity index (χ4n) is 2.57. The van der Waals surface area contributed by atoms with Crippen molar-refractivity contribution in [2.24, 2.45) is 0 Å². The fraction of sp³-hybridized carbons (Fsp3) is 0.150. The van der Waals surface area contributed by atoms with E-state index in [4.69, 9.17) is 20.8 Å². The van der Waals surface area contributed by atoms with Crippen molar-refractivity contribution < 1.29 is 18.3 Å². The Morgan fingerprint density at radius 2 is 1.96 bits per heavy atom. The molecule has 1 aromatic heterocycles. The maximum atomic E-state index is 13.8. The third kappa shape index (κ3) is 3.73. The summed E-state index contributed by atoms with van der Waals surface area (Å²) in [5, 5.41) is 3.32. The molecule has 134 valence electrons. The van der Waals surface area contributed by atoms with Gasteiger partial charge in [0.1, 0.15) is 5.76 Å². The molecule has 0 spiro atoms. The van der Waals surface area contributed by atoms with Crippen LogP contribution < -0.4 is 10.1 Å². The van der Waals surface area contributed by atoms with E-state index in [9.17, 15) is 9.18 Å². The number of carbonyl (C=O) groups excluding carboxylic acids is 1. The predicted octanol–water partition coefficient (Wildman–Crippen LogP) is 5.24. The highest BCUT2D eigenvalue weighted by Crippen LogP contribution is 2.29. The van der Waals surface area contributed by atoms with Crippen LogP contribution in [-0.4, -0.2) is 13.0 Å². The number of furan rings is 1. The van der Waals surface area contributed by atoms with Gasteiger partial charge in [0.2, 0.25) is 0 Å². The lowest BCUT2D eigenvalue weighted by Gasteiger charge is -2.14. The van der Waals surface area contributed by atoms with Crippen LogP contribution in [0.25, 0.3) is 11.3 Å². The summed E-state index contributed by atoms with van der Waals surface area (Å²) in [6.07, 6.45) is 0. The zero-order chi connectivity index (χ0) is 18.7. The fourth-order valence-corrected chi connectivity index (χ4v) is 2.80. The van der Waals surface area contributed by atoms with Crippen LogP contribution in [0, 0.1) is 5.82 Å². The number of hydrogen-bond acceptors (Lipinski definition) is 3. The number of nitrogens with one attached hydrogen (secondary N) is 1. The summed E-state index contributed by atoms with van der Waals surface area (Å²) < 4.78 is 24.3. The van der Waals surface area contributed by atoms with Crippen molar-refractivity contribution in [3.05, 3.63) is 76.8 Å². The van der Waals surface area contributed by atoms with E-state index in [1.54, 1.807) is 31.2 Å². The molecule has 0 aliphatic carbocycles. The molecule has 0 aliphatic heterocycles. The van der Waals surface area contributed by atoms with Crippen molar-refractivity contribution in [2.45, 2.75) is 13.0 Å². The zero-order valence-electron chi connectivity index (χ0n) is 14.3. The second-order valence-corrected chi connectivity index (χ2v) is 6.14. The van der Waals surface area contributed by atoms with Crippen LogP contribution in [-0.2, 0) is 0 Å². The van der Waals surface area contributed by atoms with Crippen LogP contribution in [0.5, 0.6) is 5.75 Å². The van der Waals surface area contributed by atoms with Crippen molar-refractivity contribution in [3.8, 4) is 17.1 Å². The molecule has 1 N–H and O–H groups in total. The highest BCUT2D eigenvalue weighted by molar-refractivity contribution is 6.33. The molecule has 2 aromatic carbocycles. The number of benzene rings is 2. The molecule has 4 nitrogen and oxygen atoms in total. The quantitative estimate of drug-likeness (QED) is 0.665. The largest absolute Gasteiger partial charge is 0.494 e. The Labute approximate surface area is 155 Å². The number of hydrogen-bond donors (Lipinski definition) is 1. The molecule has 0 saturated carbocycles. The van der Waals surface area contributed by atoms with Crippen molar-refractivity contribution in [2.75, 3.05) is 7.11 Å². The summed E-state index contributed by atoms with van der Waals surface area (Å²) >= 11 is 6.15. The lowest BCUT2D eigenvalue weighted by Crippen LogP contribution is -2.26. The highest BCUT2D eigenvalue weighted by atomic mass is 35.5. The summed E-state index contributed by atoms with van der Waals surface area (Å²) in [5.41, 5.74) is 1.33. The van der Waals surface area contributed by atoms with Gasteiger partial charge >= 0.3 is 0 Å². The smallest absolute Gasteiger partial charge is 0.287 e. The average molecular weight is 374 g/mol. The van der Waals surface area contributed by atoms with E-state index in [0.29, 0.717) is 21.9 Å². The molecule has 0 aliphatic rings. The van der Waals surface area contributed by atoms with E-state index < -0.39 is 17.8 Å². The predicted molar refractivity (Wildman–Crippen MR) is 98.0 cm³/mol. The van der Waals surface area contributed by atoms with Gasteiger partial charge in [-0.25, -0.2) is 4.39 Å². The van der Waals surface area contributed by atoms with Crippen LogP contribution in [0.2, 0.25) is 5.02 Å². The van der Waals surface area contributed by atoms with Gasteiger partial charge in [0.05, 0.1) is 18.2 Å². The first-order chi connectivity index (χ1) is 12.5. The molecule has 3 aromatic rings. The lowest BCUT2D eigenvalue weighted by molar-refractivity contribution is 0.0912. The van der Waals surface area contributed by atoms with E-state index in [0.717, 1.165) is 0 Å². The topological polar surface area (TPSA) is 51.5 Å². The number of carbonyl (C=O) groups is 1. The van der Waals surface area contributed by atoms with Crippen LogP contribution in [0.1, 0.15) is 29.1 Å². The first-order valence-electron chi connectivity index (χ1n) is 7.98. The van der Waals surface area contributed by atoms with Gasteiger partial charge in [0, 0.05) is 5.56 Å². The minimum Gasteiger partial charge on any atom is -0.494 e. The summed E-state index contributed by atoms with van der Waals surface area (Å²) in [5.74, 6) is -0.0653. The molecule has 3 rings (SSSR count). The standard InChI is InChI=1S/C20H17ClFNO3/c1-12(13-7-8-18(25-2)16(22)11-13)23-20(24)19-10-9-17(26-19)14-5-3-4-6-15(14)21/h3-12H,1-2H3,(H,23,24)/t12-/m0/s1. The monoisotopic (exact) mass is 373 g/mol. The molecule has 0 radical (unpaired) electrons. The van der Waals surface area contributed by atoms with Gasteiger partial charge in [0.25, 0.3) is 5.91 Å². The number of methoxy groups -OCH3 is 1. The summed E-state index contributed by atoms with van der Waals surface area (Å²) in [4.78, 5) is 12.4. The van der Waals surface area contributed by atoms with E-state index in [1.165, 1.54) is 19.2 Å². The summed E-state index contributed by atoms with van der Waals surface area (Å²) in [6, 6.07) is 14.6. The van der Waals surface area contributed by atoms with Crippen LogP contribution in [0.15, 0.2) is 59.0 Å². The van der Waals surface area contributed by atoms with Gasteiger partial charge in [-0.1, -0.05) is 29.8 Å². The first kappa shape index (κ1) is 18.0. The van der Waals surface area contributed by atoms with E-state index in [2.05, 4.69) is 5.32 Å². The lowest BCUT2D eigenvalue weighted by atomic mass is 10.1. The number of ether oxygens (including phenoxy) is 1. The van der Waals surface area contributed by atoms with Gasteiger partial charge in [-0.2, -0.15) is 0 Å². The van der Waals surface area contributed by atoms with Gasteiger partial charge in [-0.05, 0) is 48.9 Å². The van der Waals surface area contributed by atoms with Gasteiger partial charge in [-0.3, -0.25) is 4.79 Å². The third-order valence-corrected chi connectivity index (χ3v) is 4.32. The van der Waals surface area contributed by atoms with Crippen molar-refractivity contribution in [1.82, 2.24) is 5.32 Å². The first-order valence-corrected chi connectivity index (χ1v) is 8.36. The Bertz CT molecular complexity index is 938.